The molecule has 2 aromatic rings. The highest BCUT2D eigenvalue weighted by molar-refractivity contribution is 7.86. The average Bonchev–Trinajstić information content (AvgIpc) is 3.16. The number of imidazole rings is 1. The molecule has 0 aliphatic heterocycles. The number of pyridine rings is 1. The maximum absolute atomic E-state index is 12.2. The third kappa shape index (κ3) is 2.80. The number of fused-ring (bicyclic) bond motifs is 1. The third-order valence-electron chi connectivity index (χ3n) is 3.90. The first-order valence-electron chi connectivity index (χ1n) is 7.29. The summed E-state index contributed by atoms with van der Waals surface area (Å²) in [5, 5.41) is 0. The molecular weight excluding hydrogens is 268 g/mol. The predicted octanol–water partition coefficient (Wildman–Crippen LogP) is 3.30. The van der Waals surface area contributed by atoms with Gasteiger partial charge in [-0.2, -0.15) is 0 Å². The van der Waals surface area contributed by atoms with Crippen molar-refractivity contribution in [3.63, 3.8) is 0 Å². The molecule has 0 spiro atoms. The Hall–Kier alpha value is -1.16. The Morgan fingerprint density at radius 1 is 1.40 bits per heavy atom. The minimum Gasteiger partial charge on any atom is -0.306 e. The van der Waals surface area contributed by atoms with Crippen molar-refractivity contribution < 1.29 is 4.21 Å². The monoisotopic (exact) mass is 290 g/mol. The molecule has 0 aromatic carbocycles. The molecule has 1 aliphatic carbocycles. The summed E-state index contributed by atoms with van der Waals surface area (Å²) in [4.78, 5) is 4.50. The van der Waals surface area contributed by atoms with E-state index in [1.165, 1.54) is 23.9 Å². The summed E-state index contributed by atoms with van der Waals surface area (Å²) in [6.45, 7) is 6.08. The first-order valence-corrected chi connectivity index (χ1v) is 8.61. The number of hydrogen-bond donors (Lipinski definition) is 0. The minimum absolute atomic E-state index is 0.144. The quantitative estimate of drug-likeness (QED) is 0.866. The van der Waals surface area contributed by atoms with Gasteiger partial charge in [0.25, 0.3) is 0 Å². The largest absolute Gasteiger partial charge is 0.306 e. The second-order valence-electron chi connectivity index (χ2n) is 6.63. The Morgan fingerprint density at radius 3 is 2.80 bits per heavy atom. The van der Waals surface area contributed by atoms with Gasteiger partial charge in [-0.25, -0.2) is 4.98 Å². The van der Waals surface area contributed by atoms with E-state index in [-0.39, 0.29) is 4.75 Å². The molecule has 0 bridgehead atoms. The van der Waals surface area contributed by atoms with Gasteiger partial charge in [0.1, 0.15) is 0 Å². The van der Waals surface area contributed by atoms with E-state index in [2.05, 4.69) is 27.7 Å². The molecule has 1 aliphatic rings. The lowest BCUT2D eigenvalue weighted by Crippen LogP contribution is -2.24. The van der Waals surface area contributed by atoms with Crippen molar-refractivity contribution in [1.82, 2.24) is 9.38 Å². The van der Waals surface area contributed by atoms with Gasteiger partial charge in [-0.1, -0.05) is 0 Å². The maximum Gasteiger partial charge on any atom is 0.0995 e. The van der Waals surface area contributed by atoms with E-state index in [0.717, 1.165) is 18.0 Å². The van der Waals surface area contributed by atoms with Crippen molar-refractivity contribution in [1.29, 1.82) is 0 Å². The van der Waals surface area contributed by atoms with Gasteiger partial charge in [0.2, 0.25) is 0 Å². The molecule has 3 nitrogen and oxygen atoms in total. The fourth-order valence-corrected chi connectivity index (χ4v) is 3.41. The Labute approximate surface area is 122 Å². The molecular formula is C16H22N2OS. The molecule has 0 N–H and O–H groups in total. The molecule has 20 heavy (non-hydrogen) atoms. The van der Waals surface area contributed by atoms with Crippen LogP contribution in [0.15, 0.2) is 24.7 Å². The number of hydrogen-bond acceptors (Lipinski definition) is 2. The van der Waals surface area contributed by atoms with Gasteiger partial charge in [-0.3, -0.25) is 4.21 Å². The Morgan fingerprint density at radius 2 is 2.15 bits per heavy atom. The molecule has 1 atom stereocenters. The van der Waals surface area contributed by atoms with Crippen molar-refractivity contribution in [2.75, 3.05) is 5.75 Å². The molecule has 0 saturated heterocycles. The van der Waals surface area contributed by atoms with E-state index in [1.54, 1.807) is 0 Å². The summed E-state index contributed by atoms with van der Waals surface area (Å²) in [5.41, 5.74) is 3.68. The first-order chi connectivity index (χ1) is 9.45. The average molecular weight is 290 g/mol. The van der Waals surface area contributed by atoms with E-state index >= 15 is 0 Å². The van der Waals surface area contributed by atoms with Crippen LogP contribution in [0, 0.1) is 0 Å². The topological polar surface area (TPSA) is 34.4 Å². The second-order valence-corrected chi connectivity index (χ2v) is 8.95. The highest BCUT2D eigenvalue weighted by Gasteiger charge is 2.24. The van der Waals surface area contributed by atoms with Crippen LogP contribution in [0.1, 0.15) is 50.8 Å². The van der Waals surface area contributed by atoms with Crippen LogP contribution in [0.3, 0.4) is 0 Å². The predicted molar refractivity (Wildman–Crippen MR) is 83.6 cm³/mol. The summed E-state index contributed by atoms with van der Waals surface area (Å²) in [5.74, 6) is 1.44. The first kappa shape index (κ1) is 13.8. The van der Waals surface area contributed by atoms with Crippen LogP contribution in [0.2, 0.25) is 0 Å². The van der Waals surface area contributed by atoms with Crippen LogP contribution >= 0.6 is 0 Å². The molecule has 3 rings (SSSR count). The van der Waals surface area contributed by atoms with Gasteiger partial charge >= 0.3 is 0 Å². The van der Waals surface area contributed by atoms with Crippen molar-refractivity contribution in [3.05, 3.63) is 35.9 Å². The summed E-state index contributed by atoms with van der Waals surface area (Å²) in [6.07, 6.45) is 7.37. The second kappa shape index (κ2) is 4.99. The smallest absolute Gasteiger partial charge is 0.0995 e. The summed E-state index contributed by atoms with van der Waals surface area (Å²) >= 11 is 0. The van der Waals surface area contributed by atoms with E-state index in [4.69, 9.17) is 0 Å². The van der Waals surface area contributed by atoms with Crippen LogP contribution in [-0.2, 0) is 17.2 Å². The van der Waals surface area contributed by atoms with E-state index in [0.29, 0.717) is 5.75 Å². The molecule has 2 aromatic heterocycles. The molecule has 4 heteroatoms. The number of nitrogens with zero attached hydrogens (tertiary/aromatic N) is 2. The summed E-state index contributed by atoms with van der Waals surface area (Å²) < 4.78 is 14.1. The van der Waals surface area contributed by atoms with Crippen LogP contribution < -0.4 is 0 Å². The Kier molecular flexibility index (Phi) is 3.44. The lowest BCUT2D eigenvalue weighted by molar-refractivity contribution is 0.648. The standard InChI is InChI=1S/C16H22N2OS/c1-16(2,3)20(19)9-7-14-15-10-13(12-4-5-12)6-8-18(15)11-17-14/h6,8,10-12H,4-5,7,9H2,1-3H3. The molecule has 1 saturated carbocycles. The van der Waals surface area contributed by atoms with Crippen molar-refractivity contribution in [3.8, 4) is 0 Å². The Balaban J connectivity index is 1.81. The van der Waals surface area contributed by atoms with Gasteiger partial charge in [-0.15, -0.1) is 0 Å². The SMILES string of the molecule is CC(C)(C)S(=O)CCc1ncn2ccc(C3CC3)cc12. The molecule has 0 radical (unpaired) electrons. The fraction of sp³-hybridized carbons (Fsp3) is 0.562. The van der Waals surface area contributed by atoms with Gasteiger partial charge in [-0.05, 0) is 57.2 Å². The van der Waals surface area contributed by atoms with Crippen molar-refractivity contribution in [2.45, 2.75) is 50.7 Å². The zero-order valence-corrected chi connectivity index (χ0v) is 13.2. The lowest BCUT2D eigenvalue weighted by Gasteiger charge is -2.17. The van der Waals surface area contributed by atoms with Gasteiger partial charge in [0, 0.05) is 33.9 Å². The van der Waals surface area contributed by atoms with Crippen LogP contribution in [0.4, 0.5) is 0 Å². The lowest BCUT2D eigenvalue weighted by atomic mass is 10.1. The molecule has 1 fully saturated rings. The maximum atomic E-state index is 12.2. The highest BCUT2D eigenvalue weighted by Crippen LogP contribution is 2.40. The van der Waals surface area contributed by atoms with Gasteiger partial charge in [0.05, 0.1) is 17.5 Å². The number of aromatic nitrogens is 2. The normalized spacial score (nSPS) is 17.6. The molecule has 1 unspecified atom stereocenters. The van der Waals surface area contributed by atoms with Crippen molar-refractivity contribution in [2.24, 2.45) is 0 Å². The fourth-order valence-electron chi connectivity index (χ4n) is 2.42. The summed E-state index contributed by atoms with van der Waals surface area (Å²) in [6, 6.07) is 4.46. The van der Waals surface area contributed by atoms with Crippen LogP contribution in [0.25, 0.3) is 5.52 Å². The summed E-state index contributed by atoms with van der Waals surface area (Å²) in [7, 11) is -0.816. The minimum atomic E-state index is -0.816. The molecule has 2 heterocycles. The number of rotatable bonds is 4. The zero-order chi connectivity index (χ0) is 14.3. The van der Waals surface area contributed by atoms with Gasteiger partial charge in [0.15, 0.2) is 0 Å². The van der Waals surface area contributed by atoms with Crippen LogP contribution in [0.5, 0.6) is 0 Å². The van der Waals surface area contributed by atoms with E-state index in [9.17, 15) is 4.21 Å². The highest BCUT2D eigenvalue weighted by atomic mass is 32.2. The van der Waals surface area contributed by atoms with E-state index < -0.39 is 10.8 Å². The number of aryl methyl sites for hydroxylation is 1. The molecule has 0 amide bonds. The molecule has 108 valence electrons. The van der Waals surface area contributed by atoms with E-state index in [1.807, 2.05) is 27.1 Å². The van der Waals surface area contributed by atoms with Crippen molar-refractivity contribution >= 4 is 16.3 Å². The van der Waals surface area contributed by atoms with Crippen LogP contribution in [-0.4, -0.2) is 24.1 Å². The zero-order valence-electron chi connectivity index (χ0n) is 12.4. The third-order valence-corrected chi connectivity index (χ3v) is 5.84. The van der Waals surface area contributed by atoms with Gasteiger partial charge < -0.3 is 4.40 Å². The Bertz CT molecular complexity index is 650.